The monoisotopic (exact) mass is 676 g/mol. The van der Waals surface area contributed by atoms with Crippen LogP contribution in [0.25, 0.3) is 0 Å². The van der Waals surface area contributed by atoms with Crippen molar-refractivity contribution in [3.05, 3.63) is 76.8 Å². The Hall–Kier alpha value is -2.11. The maximum absolute atomic E-state index is 14.4. The van der Waals surface area contributed by atoms with Crippen LogP contribution in [0.5, 0.6) is 0 Å². The summed E-state index contributed by atoms with van der Waals surface area (Å²) in [6, 6.07) is 15.1. The van der Waals surface area contributed by atoms with E-state index in [0.717, 1.165) is 25.7 Å². The molecule has 0 aliphatic carbocycles. The van der Waals surface area contributed by atoms with Crippen molar-refractivity contribution in [3.63, 3.8) is 0 Å². The number of sulfonamides is 2. The van der Waals surface area contributed by atoms with Crippen LogP contribution in [-0.4, -0.2) is 30.0 Å². The maximum atomic E-state index is 14.4. The highest BCUT2D eigenvalue weighted by Gasteiger charge is 2.33. The zero-order valence-electron chi connectivity index (χ0n) is 23.4. The fourth-order valence-corrected chi connectivity index (χ4v) is 8.07. The summed E-state index contributed by atoms with van der Waals surface area (Å²) >= 11 is 11.8. The van der Waals surface area contributed by atoms with Gasteiger partial charge >= 0.3 is 7.60 Å². The van der Waals surface area contributed by atoms with Crippen LogP contribution in [0, 0.1) is 0 Å². The first-order valence-electron chi connectivity index (χ1n) is 13.5. The number of hydrogen-bond donors (Lipinski definition) is 2. The fourth-order valence-electron chi connectivity index (χ4n) is 3.80. The minimum atomic E-state index is -4.16. The van der Waals surface area contributed by atoms with E-state index in [1.165, 1.54) is 66.7 Å². The molecule has 0 aliphatic heterocycles. The van der Waals surface area contributed by atoms with E-state index in [2.05, 4.69) is 9.44 Å². The van der Waals surface area contributed by atoms with Gasteiger partial charge < -0.3 is 9.05 Å². The highest BCUT2D eigenvalue weighted by molar-refractivity contribution is 7.93. The summed E-state index contributed by atoms with van der Waals surface area (Å²) < 4.78 is 83.7. The first kappa shape index (κ1) is 34.4. The highest BCUT2D eigenvalue weighted by Crippen LogP contribution is 2.50. The lowest BCUT2D eigenvalue weighted by atomic mass is 10.3. The summed E-state index contributed by atoms with van der Waals surface area (Å²) in [6.07, 6.45) is 4.67. The van der Waals surface area contributed by atoms with Crippen molar-refractivity contribution < 1.29 is 30.4 Å². The second-order valence-electron chi connectivity index (χ2n) is 9.43. The molecule has 0 fully saturated rings. The molecule has 0 spiro atoms. The zero-order valence-corrected chi connectivity index (χ0v) is 27.4. The van der Waals surface area contributed by atoms with Gasteiger partial charge in [0, 0.05) is 15.7 Å². The summed E-state index contributed by atoms with van der Waals surface area (Å²) in [5.41, 5.74) is -0.0439. The third kappa shape index (κ3) is 9.71. The van der Waals surface area contributed by atoms with Crippen molar-refractivity contribution in [2.45, 2.75) is 62.2 Å². The average Bonchev–Trinajstić information content (AvgIpc) is 2.94. The van der Waals surface area contributed by atoms with E-state index in [1.54, 1.807) is 0 Å². The Balaban J connectivity index is 2.07. The largest absolute Gasteiger partial charge is 0.363 e. The molecule has 0 unspecified atom stereocenters. The molecule has 0 saturated heterocycles. The van der Waals surface area contributed by atoms with E-state index >= 15 is 0 Å². The number of hydrogen-bond acceptors (Lipinski definition) is 7. The average molecular weight is 678 g/mol. The highest BCUT2D eigenvalue weighted by atomic mass is 35.5. The number of halogens is 2. The molecule has 0 aliphatic rings. The zero-order chi connectivity index (χ0) is 30.8. The van der Waals surface area contributed by atoms with Gasteiger partial charge in [-0.2, -0.15) is 0 Å². The van der Waals surface area contributed by atoms with Crippen LogP contribution in [-0.2, 0) is 33.7 Å². The molecule has 0 atom stereocenters. The summed E-state index contributed by atoms with van der Waals surface area (Å²) in [5.74, 6) is 0. The molecule has 9 nitrogen and oxygen atoms in total. The molecule has 3 rings (SSSR count). The predicted octanol–water partition coefficient (Wildman–Crippen LogP) is 7.83. The third-order valence-electron chi connectivity index (χ3n) is 6.06. The van der Waals surface area contributed by atoms with Crippen LogP contribution in [0.2, 0.25) is 10.0 Å². The lowest BCUT2D eigenvalue weighted by Crippen LogP contribution is -2.22. The molecule has 0 radical (unpaired) electrons. The van der Waals surface area contributed by atoms with Gasteiger partial charge in [0.15, 0.2) is 0 Å². The molecule has 0 bridgehead atoms. The van der Waals surface area contributed by atoms with Crippen LogP contribution in [0.4, 0.5) is 11.4 Å². The molecule has 2 N–H and O–H groups in total. The number of unbranched alkanes of at least 4 members (excludes halogenated alkanes) is 4. The van der Waals surface area contributed by atoms with E-state index < -0.39 is 27.6 Å². The fraction of sp³-hybridized carbons (Fsp3) is 0.357. The van der Waals surface area contributed by atoms with Gasteiger partial charge in [0.05, 0.1) is 34.0 Å². The van der Waals surface area contributed by atoms with E-state index in [-0.39, 0.29) is 39.7 Å². The van der Waals surface area contributed by atoms with Gasteiger partial charge in [-0.1, -0.05) is 62.7 Å². The molecular weight excluding hydrogens is 642 g/mol. The predicted molar refractivity (Wildman–Crippen MR) is 169 cm³/mol. The molecule has 3 aromatic carbocycles. The molecule has 0 aromatic heterocycles. The number of nitrogens with one attached hydrogen (secondary N) is 2. The smallest absolute Gasteiger partial charge is 0.305 e. The molecule has 42 heavy (non-hydrogen) atoms. The van der Waals surface area contributed by atoms with Crippen molar-refractivity contribution in [1.29, 1.82) is 0 Å². The van der Waals surface area contributed by atoms with E-state index in [1.807, 2.05) is 13.8 Å². The van der Waals surface area contributed by atoms with Crippen LogP contribution in [0.15, 0.2) is 76.5 Å². The minimum Gasteiger partial charge on any atom is -0.305 e. The Morgan fingerprint density at radius 1 is 0.667 bits per heavy atom. The Morgan fingerprint density at radius 2 is 1.12 bits per heavy atom. The van der Waals surface area contributed by atoms with Crippen molar-refractivity contribution >= 4 is 67.5 Å². The summed E-state index contributed by atoms with van der Waals surface area (Å²) in [4.78, 5) is -0.122. The minimum absolute atomic E-state index is 0.0314. The Morgan fingerprint density at radius 3 is 1.57 bits per heavy atom. The summed E-state index contributed by atoms with van der Waals surface area (Å²) in [7, 11) is -12.4. The molecular formula is C28H35Cl2N2O7PS2. The summed E-state index contributed by atoms with van der Waals surface area (Å²) in [5, 5.41) is 0.608. The van der Waals surface area contributed by atoms with Gasteiger partial charge in [0.2, 0.25) is 0 Å². The topological polar surface area (TPSA) is 128 Å². The lowest BCUT2D eigenvalue weighted by Gasteiger charge is -2.23. The molecule has 0 heterocycles. The van der Waals surface area contributed by atoms with Gasteiger partial charge in [-0.25, -0.2) is 16.8 Å². The van der Waals surface area contributed by atoms with E-state index in [4.69, 9.17) is 32.2 Å². The first-order valence-corrected chi connectivity index (χ1v) is 18.8. The van der Waals surface area contributed by atoms with Gasteiger partial charge in [0.25, 0.3) is 20.0 Å². The van der Waals surface area contributed by atoms with Gasteiger partial charge in [0.1, 0.15) is 0 Å². The third-order valence-corrected chi connectivity index (χ3v) is 11.3. The number of rotatable bonds is 17. The van der Waals surface area contributed by atoms with Crippen LogP contribution >= 0.6 is 30.8 Å². The molecule has 3 aromatic rings. The Bertz CT molecular complexity index is 1570. The van der Waals surface area contributed by atoms with E-state index in [9.17, 15) is 21.4 Å². The second-order valence-corrected chi connectivity index (χ2v) is 15.7. The van der Waals surface area contributed by atoms with Crippen molar-refractivity contribution in [3.8, 4) is 0 Å². The first-order chi connectivity index (χ1) is 19.9. The molecule has 230 valence electrons. The standard InChI is InChI=1S/C28H35Cl2N2O7PS2/c1-3-5-7-19-38-40(33,39-20-8-6-4-2)28-21-24(31-41(34,35)25-14-9-22(29)10-15-25)13-18-27(28)32-42(36,37)26-16-11-23(30)12-17-26/h9-18,21,31-32H,3-8,19-20H2,1-2H3. The van der Waals surface area contributed by atoms with Gasteiger partial charge in [-0.15, -0.1) is 0 Å². The van der Waals surface area contributed by atoms with Crippen molar-refractivity contribution in [2.75, 3.05) is 22.7 Å². The molecule has 0 amide bonds. The Labute approximate surface area is 258 Å². The lowest BCUT2D eigenvalue weighted by molar-refractivity contribution is 0.207. The van der Waals surface area contributed by atoms with Gasteiger partial charge in [-0.05, 0) is 79.6 Å². The van der Waals surface area contributed by atoms with Crippen LogP contribution in [0.1, 0.15) is 52.4 Å². The quantitative estimate of drug-likeness (QED) is 0.110. The Kier molecular flexibility index (Phi) is 12.7. The second kappa shape index (κ2) is 15.6. The SMILES string of the molecule is CCCCCOP(=O)(OCCCCC)c1cc(NS(=O)(=O)c2ccc(Cl)cc2)ccc1NS(=O)(=O)c1ccc(Cl)cc1. The summed E-state index contributed by atoms with van der Waals surface area (Å²) in [6.45, 7) is 4.23. The number of anilines is 2. The maximum Gasteiger partial charge on any atom is 0.363 e. The van der Waals surface area contributed by atoms with Crippen LogP contribution in [0.3, 0.4) is 0 Å². The van der Waals surface area contributed by atoms with Crippen LogP contribution < -0.4 is 14.7 Å². The van der Waals surface area contributed by atoms with Gasteiger partial charge in [-0.3, -0.25) is 14.0 Å². The van der Waals surface area contributed by atoms with Crippen molar-refractivity contribution in [1.82, 2.24) is 0 Å². The molecule has 14 heteroatoms. The molecule has 0 saturated carbocycles. The van der Waals surface area contributed by atoms with Crippen molar-refractivity contribution in [2.24, 2.45) is 0 Å². The number of benzene rings is 3. The normalized spacial score (nSPS) is 12.3. The van der Waals surface area contributed by atoms with E-state index in [0.29, 0.717) is 22.9 Å².